The van der Waals surface area contributed by atoms with Gasteiger partial charge in [-0.25, -0.2) is 0 Å². The predicted octanol–water partition coefficient (Wildman–Crippen LogP) is 2.84. The molecule has 3 fully saturated rings. The van der Waals surface area contributed by atoms with Crippen LogP contribution in [0.4, 0.5) is 0 Å². The molecular formula is C20H27NO4S. The Hall–Kier alpha value is -1.24. The van der Waals surface area contributed by atoms with E-state index < -0.39 is 0 Å². The van der Waals surface area contributed by atoms with Gasteiger partial charge >= 0.3 is 0 Å². The van der Waals surface area contributed by atoms with E-state index in [0.29, 0.717) is 12.0 Å². The number of amides is 1. The van der Waals surface area contributed by atoms with Gasteiger partial charge in [0.15, 0.2) is 0 Å². The van der Waals surface area contributed by atoms with Crippen LogP contribution in [0.1, 0.15) is 29.6 Å². The summed E-state index contributed by atoms with van der Waals surface area (Å²) in [6.45, 7) is 4.28. The summed E-state index contributed by atoms with van der Waals surface area (Å²) < 4.78 is 17.0. The first kappa shape index (κ1) is 18.1. The van der Waals surface area contributed by atoms with Crippen LogP contribution in [0.15, 0.2) is 24.3 Å². The molecule has 1 aromatic rings. The minimum Gasteiger partial charge on any atom is -0.497 e. The lowest BCUT2D eigenvalue weighted by Crippen LogP contribution is -2.60. The van der Waals surface area contributed by atoms with Gasteiger partial charge in [0.25, 0.3) is 5.91 Å². The Morgan fingerprint density at radius 2 is 2.00 bits per heavy atom. The largest absolute Gasteiger partial charge is 0.497 e. The quantitative estimate of drug-likeness (QED) is 0.790. The van der Waals surface area contributed by atoms with Crippen molar-refractivity contribution in [1.82, 2.24) is 4.90 Å². The fraction of sp³-hybridized carbons (Fsp3) is 0.650. The molecule has 142 valence electrons. The number of benzene rings is 1. The molecule has 1 aromatic carbocycles. The van der Waals surface area contributed by atoms with Crippen molar-refractivity contribution >= 4 is 17.7 Å². The second kappa shape index (κ2) is 7.79. The first-order valence-corrected chi connectivity index (χ1v) is 10.4. The summed E-state index contributed by atoms with van der Waals surface area (Å²) in [6.07, 6.45) is 3.64. The molecule has 1 spiro atoms. The topological polar surface area (TPSA) is 48.0 Å². The van der Waals surface area contributed by atoms with Gasteiger partial charge < -0.3 is 19.1 Å². The first-order chi connectivity index (χ1) is 12.7. The third-order valence-corrected chi connectivity index (χ3v) is 7.24. The zero-order chi connectivity index (χ0) is 18.0. The third kappa shape index (κ3) is 3.87. The molecule has 1 atom stereocenters. The van der Waals surface area contributed by atoms with Crippen LogP contribution in [0.5, 0.6) is 5.75 Å². The Balaban J connectivity index is 1.24. The minimum absolute atomic E-state index is 0.116. The molecule has 0 bridgehead atoms. The number of thioether (sulfide) groups is 1. The van der Waals surface area contributed by atoms with Crippen molar-refractivity contribution < 1.29 is 19.0 Å². The average Bonchev–Trinajstić information content (AvgIpc) is 3.10. The van der Waals surface area contributed by atoms with Gasteiger partial charge in [0.05, 0.1) is 18.0 Å². The molecule has 6 heteroatoms. The standard InChI is InChI=1S/C20H27NO4S/c1-23-17-4-2-16(3-5-17)19(22)21-13-20(14-21)10-18(12-26-20)25-11-15-6-8-24-9-7-15/h2-5,15,18H,6-14H2,1H3/t18-/m1/s1. The van der Waals surface area contributed by atoms with E-state index in [4.69, 9.17) is 14.2 Å². The van der Waals surface area contributed by atoms with Crippen molar-refractivity contribution in [2.45, 2.75) is 30.1 Å². The number of hydrogen-bond donors (Lipinski definition) is 0. The minimum atomic E-state index is 0.116. The van der Waals surface area contributed by atoms with Crippen LogP contribution in [-0.4, -0.2) is 67.4 Å². The summed E-state index contributed by atoms with van der Waals surface area (Å²) in [6, 6.07) is 7.36. The van der Waals surface area contributed by atoms with Crippen LogP contribution >= 0.6 is 11.8 Å². The van der Waals surface area contributed by atoms with Crippen molar-refractivity contribution in [3.63, 3.8) is 0 Å². The summed E-state index contributed by atoms with van der Waals surface area (Å²) in [4.78, 5) is 14.6. The molecular weight excluding hydrogens is 350 g/mol. The number of likely N-dealkylation sites (tertiary alicyclic amines) is 1. The van der Waals surface area contributed by atoms with Crippen LogP contribution in [-0.2, 0) is 9.47 Å². The zero-order valence-corrected chi connectivity index (χ0v) is 16.1. The summed E-state index contributed by atoms with van der Waals surface area (Å²) >= 11 is 1.99. The van der Waals surface area contributed by atoms with Gasteiger partial charge in [-0.3, -0.25) is 4.79 Å². The maximum absolute atomic E-state index is 12.6. The Kier molecular flexibility index (Phi) is 5.43. The maximum Gasteiger partial charge on any atom is 0.253 e. The normalized spacial score (nSPS) is 25.3. The highest BCUT2D eigenvalue weighted by Crippen LogP contribution is 2.46. The van der Waals surface area contributed by atoms with Crippen LogP contribution in [0.3, 0.4) is 0 Å². The second-order valence-corrected chi connectivity index (χ2v) is 9.09. The molecule has 4 rings (SSSR count). The third-order valence-electron chi connectivity index (χ3n) is 5.67. The molecule has 3 heterocycles. The lowest BCUT2D eigenvalue weighted by atomic mass is 9.92. The van der Waals surface area contributed by atoms with E-state index in [2.05, 4.69) is 0 Å². The average molecular weight is 378 g/mol. The highest BCUT2D eigenvalue weighted by atomic mass is 32.2. The number of ether oxygens (including phenoxy) is 3. The van der Waals surface area contributed by atoms with Gasteiger partial charge in [-0.15, -0.1) is 11.8 Å². The second-order valence-electron chi connectivity index (χ2n) is 7.60. The molecule has 1 amide bonds. The van der Waals surface area contributed by atoms with Gasteiger partial charge in [0, 0.05) is 44.2 Å². The summed E-state index contributed by atoms with van der Waals surface area (Å²) in [7, 11) is 1.63. The van der Waals surface area contributed by atoms with Gasteiger partial charge in [0.2, 0.25) is 0 Å². The number of carbonyl (C=O) groups is 1. The highest BCUT2D eigenvalue weighted by molar-refractivity contribution is 8.01. The predicted molar refractivity (Wildman–Crippen MR) is 102 cm³/mol. The molecule has 0 aromatic heterocycles. The molecule has 3 saturated heterocycles. The smallest absolute Gasteiger partial charge is 0.253 e. The summed E-state index contributed by atoms with van der Waals surface area (Å²) in [5.74, 6) is 2.59. The van der Waals surface area contributed by atoms with Crippen LogP contribution in [0, 0.1) is 5.92 Å². The fourth-order valence-electron chi connectivity index (χ4n) is 4.02. The Morgan fingerprint density at radius 3 is 2.69 bits per heavy atom. The van der Waals surface area contributed by atoms with E-state index >= 15 is 0 Å². The number of nitrogens with zero attached hydrogens (tertiary/aromatic N) is 1. The molecule has 0 aliphatic carbocycles. The van der Waals surface area contributed by atoms with Crippen molar-refractivity contribution in [2.24, 2.45) is 5.92 Å². The number of hydrogen-bond acceptors (Lipinski definition) is 5. The zero-order valence-electron chi connectivity index (χ0n) is 15.3. The molecule has 0 saturated carbocycles. The van der Waals surface area contributed by atoms with Gasteiger partial charge in [-0.2, -0.15) is 0 Å². The maximum atomic E-state index is 12.6. The van der Waals surface area contributed by atoms with E-state index in [9.17, 15) is 4.79 Å². The molecule has 5 nitrogen and oxygen atoms in total. The van der Waals surface area contributed by atoms with E-state index in [1.54, 1.807) is 7.11 Å². The summed E-state index contributed by atoms with van der Waals surface area (Å²) in [5, 5.41) is 0. The number of rotatable bonds is 5. The lowest BCUT2D eigenvalue weighted by molar-refractivity contribution is -0.0118. The van der Waals surface area contributed by atoms with Crippen molar-refractivity contribution in [3.05, 3.63) is 29.8 Å². The van der Waals surface area contributed by atoms with Gasteiger partial charge in [0.1, 0.15) is 5.75 Å². The first-order valence-electron chi connectivity index (χ1n) is 9.44. The Bertz CT molecular complexity index is 623. The molecule has 26 heavy (non-hydrogen) atoms. The van der Waals surface area contributed by atoms with Crippen LogP contribution in [0.25, 0.3) is 0 Å². The molecule has 0 radical (unpaired) electrons. The van der Waals surface area contributed by atoms with Crippen LogP contribution in [0.2, 0.25) is 0 Å². The number of methoxy groups -OCH3 is 1. The van der Waals surface area contributed by atoms with Crippen molar-refractivity contribution in [1.29, 1.82) is 0 Å². The van der Waals surface area contributed by atoms with Crippen molar-refractivity contribution in [2.75, 3.05) is 45.8 Å². The SMILES string of the molecule is COc1ccc(C(=O)N2CC3(C[C@@H](OCC4CCOCC4)CS3)C2)cc1. The molecule has 3 aliphatic rings. The van der Waals surface area contributed by atoms with Crippen molar-refractivity contribution in [3.8, 4) is 5.75 Å². The molecule has 3 aliphatic heterocycles. The van der Waals surface area contributed by atoms with E-state index in [-0.39, 0.29) is 10.7 Å². The highest BCUT2D eigenvalue weighted by Gasteiger charge is 2.51. The fourth-order valence-corrected chi connectivity index (χ4v) is 5.58. The van der Waals surface area contributed by atoms with E-state index in [0.717, 1.165) is 69.2 Å². The molecule has 0 unspecified atom stereocenters. The Morgan fingerprint density at radius 1 is 1.27 bits per heavy atom. The van der Waals surface area contributed by atoms with Gasteiger partial charge in [-0.05, 0) is 49.4 Å². The Labute approximate surface area is 159 Å². The van der Waals surface area contributed by atoms with Gasteiger partial charge in [-0.1, -0.05) is 0 Å². The lowest BCUT2D eigenvalue weighted by Gasteiger charge is -2.47. The monoisotopic (exact) mass is 377 g/mol. The number of carbonyl (C=O) groups excluding carboxylic acids is 1. The van der Waals surface area contributed by atoms with Crippen LogP contribution < -0.4 is 4.74 Å². The van der Waals surface area contributed by atoms with E-state index in [1.165, 1.54) is 0 Å². The van der Waals surface area contributed by atoms with E-state index in [1.807, 2.05) is 40.9 Å². The molecule has 0 N–H and O–H groups in total. The summed E-state index contributed by atoms with van der Waals surface area (Å²) in [5.41, 5.74) is 0.732.